The van der Waals surface area contributed by atoms with Crippen LogP contribution in [-0.4, -0.2) is 24.0 Å². The maximum absolute atomic E-state index is 12.6. The number of aryl methyl sites for hydroxylation is 2. The van der Waals surface area contributed by atoms with Crippen LogP contribution in [0.3, 0.4) is 0 Å². The Balaban J connectivity index is 2.16. The van der Waals surface area contributed by atoms with Crippen molar-refractivity contribution in [2.75, 3.05) is 0 Å². The molecule has 0 N–H and O–H groups in total. The fourth-order valence-corrected chi connectivity index (χ4v) is 3.71. The summed E-state index contributed by atoms with van der Waals surface area (Å²) in [5.74, 6) is -0.103. The average Bonchev–Trinajstić information content (AvgIpc) is 2.87. The number of hydrogen-bond acceptors (Lipinski definition) is 3. The third-order valence-electron chi connectivity index (χ3n) is 3.96. The minimum atomic E-state index is -3.37. The number of fused-ring (bicyclic) bond motifs is 2. The highest BCUT2D eigenvalue weighted by Crippen LogP contribution is 2.25. The molecule has 3 rings (SSSR count). The number of ketones is 1. The van der Waals surface area contributed by atoms with Crippen molar-refractivity contribution in [3.8, 4) is 0 Å². The van der Waals surface area contributed by atoms with E-state index in [4.69, 9.17) is 0 Å². The molecule has 1 aromatic heterocycles. The summed E-state index contributed by atoms with van der Waals surface area (Å²) >= 11 is 0. The smallest absolute Gasteiger partial charge is 0.209 e. The lowest BCUT2D eigenvalue weighted by atomic mass is 10.0. The Labute approximate surface area is 124 Å². The number of sulfone groups is 1. The summed E-state index contributed by atoms with van der Waals surface area (Å²) < 4.78 is 26.5. The maximum Gasteiger partial charge on any atom is 0.209 e. The van der Waals surface area contributed by atoms with Gasteiger partial charge in [-0.25, -0.2) is 8.42 Å². The zero-order valence-corrected chi connectivity index (χ0v) is 12.9. The van der Waals surface area contributed by atoms with Crippen LogP contribution in [0, 0.1) is 0 Å². The van der Waals surface area contributed by atoms with Crippen LogP contribution in [0.15, 0.2) is 41.4 Å². The van der Waals surface area contributed by atoms with Gasteiger partial charge in [-0.3, -0.25) is 4.79 Å². The third kappa shape index (κ3) is 2.21. The Morgan fingerprint density at radius 2 is 1.95 bits per heavy atom. The largest absolute Gasteiger partial charge is 0.344 e. The molecule has 2 aromatic rings. The van der Waals surface area contributed by atoms with Crippen LogP contribution in [0.25, 0.3) is 0 Å². The second kappa shape index (κ2) is 4.84. The van der Waals surface area contributed by atoms with Gasteiger partial charge in [0.25, 0.3) is 0 Å². The van der Waals surface area contributed by atoms with Crippen LogP contribution in [-0.2, 0) is 22.8 Å². The number of nitrogens with zero attached hydrogens (tertiary/aromatic N) is 1. The van der Waals surface area contributed by atoms with Crippen molar-refractivity contribution in [1.29, 1.82) is 0 Å². The summed E-state index contributed by atoms with van der Waals surface area (Å²) in [6.07, 6.45) is 2.61. The standard InChI is InChI=1S/C16H17NO3S/c1-11(2)21(19,20)13-6-5-12-7-9-17-8-3-4-15(17)16(18)14(12)10-13/h3-6,8,10-11H,7,9H2,1-2H3. The second-order valence-corrected chi connectivity index (χ2v) is 8.08. The molecule has 0 atom stereocenters. The monoisotopic (exact) mass is 303 g/mol. The molecule has 0 aliphatic carbocycles. The molecule has 21 heavy (non-hydrogen) atoms. The van der Waals surface area contributed by atoms with Crippen molar-refractivity contribution in [2.24, 2.45) is 0 Å². The Morgan fingerprint density at radius 3 is 2.67 bits per heavy atom. The van der Waals surface area contributed by atoms with Gasteiger partial charge in [0.2, 0.25) is 5.78 Å². The molecular formula is C16H17NO3S. The van der Waals surface area contributed by atoms with Gasteiger partial charge in [0.15, 0.2) is 9.84 Å². The second-order valence-electron chi connectivity index (χ2n) is 5.58. The molecule has 0 saturated heterocycles. The van der Waals surface area contributed by atoms with Crippen molar-refractivity contribution in [3.05, 3.63) is 53.3 Å². The van der Waals surface area contributed by atoms with E-state index in [1.54, 1.807) is 32.0 Å². The van der Waals surface area contributed by atoms with E-state index < -0.39 is 15.1 Å². The van der Waals surface area contributed by atoms with E-state index in [9.17, 15) is 13.2 Å². The van der Waals surface area contributed by atoms with Gasteiger partial charge in [-0.1, -0.05) is 6.07 Å². The molecule has 0 amide bonds. The zero-order valence-electron chi connectivity index (χ0n) is 12.0. The lowest BCUT2D eigenvalue weighted by molar-refractivity contribution is 0.103. The van der Waals surface area contributed by atoms with Gasteiger partial charge in [-0.05, 0) is 50.1 Å². The van der Waals surface area contributed by atoms with E-state index in [1.807, 2.05) is 16.8 Å². The fourth-order valence-electron chi connectivity index (χ4n) is 2.63. The van der Waals surface area contributed by atoms with Gasteiger partial charge in [-0.2, -0.15) is 0 Å². The van der Waals surface area contributed by atoms with Crippen LogP contribution in [0.1, 0.15) is 35.5 Å². The van der Waals surface area contributed by atoms with Crippen LogP contribution < -0.4 is 0 Å². The van der Waals surface area contributed by atoms with Gasteiger partial charge in [0, 0.05) is 18.3 Å². The highest BCUT2D eigenvalue weighted by Gasteiger charge is 2.25. The molecular weight excluding hydrogens is 286 g/mol. The van der Waals surface area contributed by atoms with Crippen molar-refractivity contribution >= 4 is 15.6 Å². The molecule has 2 heterocycles. The molecule has 1 aliphatic rings. The molecule has 1 aliphatic heterocycles. The number of hydrogen-bond donors (Lipinski definition) is 0. The van der Waals surface area contributed by atoms with Gasteiger partial charge in [-0.15, -0.1) is 0 Å². The van der Waals surface area contributed by atoms with Crippen molar-refractivity contribution in [1.82, 2.24) is 4.57 Å². The summed E-state index contributed by atoms with van der Waals surface area (Å²) in [6.45, 7) is 4.03. The van der Waals surface area contributed by atoms with Crippen LogP contribution >= 0.6 is 0 Å². The molecule has 0 bridgehead atoms. The first kappa shape index (κ1) is 14.1. The van der Waals surface area contributed by atoms with Crippen molar-refractivity contribution < 1.29 is 13.2 Å². The topological polar surface area (TPSA) is 56.1 Å². The summed E-state index contributed by atoms with van der Waals surface area (Å²) in [5, 5.41) is -0.500. The Hall–Kier alpha value is -1.88. The normalized spacial score (nSPS) is 14.7. The predicted molar refractivity (Wildman–Crippen MR) is 80.3 cm³/mol. The number of rotatable bonds is 2. The quantitative estimate of drug-likeness (QED) is 0.856. The Bertz CT molecular complexity index is 816. The first-order valence-corrected chi connectivity index (χ1v) is 8.52. The summed E-state index contributed by atoms with van der Waals surface area (Å²) in [7, 11) is -3.37. The Kier molecular flexibility index (Phi) is 3.24. The predicted octanol–water partition coefficient (Wildman–Crippen LogP) is 2.46. The van der Waals surface area contributed by atoms with E-state index in [1.165, 1.54) is 6.07 Å². The third-order valence-corrected chi connectivity index (χ3v) is 6.11. The van der Waals surface area contributed by atoms with Crippen LogP contribution in [0.5, 0.6) is 0 Å². The first-order valence-electron chi connectivity index (χ1n) is 6.98. The van der Waals surface area contributed by atoms with E-state index >= 15 is 0 Å². The SMILES string of the molecule is CC(C)S(=O)(=O)c1ccc2c(c1)C(=O)c1cccn1CC2. The van der Waals surface area contributed by atoms with E-state index in [0.717, 1.165) is 18.5 Å². The Morgan fingerprint density at radius 1 is 1.19 bits per heavy atom. The lowest BCUT2D eigenvalue weighted by Gasteiger charge is -2.11. The molecule has 0 saturated carbocycles. The van der Waals surface area contributed by atoms with Gasteiger partial charge < -0.3 is 4.57 Å². The average molecular weight is 303 g/mol. The molecule has 0 spiro atoms. The van der Waals surface area contributed by atoms with Gasteiger partial charge >= 0.3 is 0 Å². The number of carbonyl (C=O) groups is 1. The molecule has 1 aromatic carbocycles. The highest BCUT2D eigenvalue weighted by molar-refractivity contribution is 7.92. The minimum Gasteiger partial charge on any atom is -0.344 e. The van der Waals surface area contributed by atoms with Crippen LogP contribution in [0.2, 0.25) is 0 Å². The zero-order chi connectivity index (χ0) is 15.2. The maximum atomic E-state index is 12.6. The molecule has 4 nitrogen and oxygen atoms in total. The fraction of sp³-hybridized carbons (Fsp3) is 0.312. The summed E-state index contributed by atoms with van der Waals surface area (Å²) in [5.41, 5.74) is 2.04. The first-order chi connectivity index (χ1) is 9.91. The van der Waals surface area contributed by atoms with Crippen LogP contribution in [0.4, 0.5) is 0 Å². The van der Waals surface area contributed by atoms with E-state index in [0.29, 0.717) is 11.3 Å². The van der Waals surface area contributed by atoms with E-state index in [2.05, 4.69) is 0 Å². The lowest BCUT2D eigenvalue weighted by Crippen LogP contribution is -2.15. The van der Waals surface area contributed by atoms with Gasteiger partial charge in [0.05, 0.1) is 15.8 Å². The van der Waals surface area contributed by atoms with Crippen molar-refractivity contribution in [2.45, 2.75) is 37.0 Å². The van der Waals surface area contributed by atoms with Gasteiger partial charge in [0.1, 0.15) is 0 Å². The highest BCUT2D eigenvalue weighted by atomic mass is 32.2. The molecule has 110 valence electrons. The number of aromatic nitrogens is 1. The van der Waals surface area contributed by atoms with Crippen molar-refractivity contribution in [3.63, 3.8) is 0 Å². The molecule has 0 radical (unpaired) electrons. The number of benzene rings is 1. The summed E-state index contributed by atoms with van der Waals surface area (Å²) in [4.78, 5) is 12.8. The summed E-state index contributed by atoms with van der Waals surface area (Å²) in [6, 6.07) is 8.54. The number of carbonyl (C=O) groups excluding carboxylic acids is 1. The molecule has 0 unspecified atom stereocenters. The van der Waals surface area contributed by atoms with E-state index in [-0.39, 0.29) is 10.7 Å². The molecule has 0 fully saturated rings. The minimum absolute atomic E-state index is 0.103. The molecule has 5 heteroatoms.